The van der Waals surface area contributed by atoms with Gasteiger partial charge < -0.3 is 9.73 Å². The van der Waals surface area contributed by atoms with E-state index in [1.165, 1.54) is 11.1 Å². The van der Waals surface area contributed by atoms with Gasteiger partial charge in [-0.1, -0.05) is 73.0 Å². The van der Waals surface area contributed by atoms with Gasteiger partial charge in [0.2, 0.25) is 0 Å². The maximum absolute atomic E-state index is 12.0. The summed E-state index contributed by atoms with van der Waals surface area (Å²) in [5, 5.41) is 5.50. The second-order valence-corrected chi connectivity index (χ2v) is 6.66. The zero-order valence-electron chi connectivity index (χ0n) is 16.0. The predicted molar refractivity (Wildman–Crippen MR) is 109 cm³/mol. The van der Waals surface area contributed by atoms with Crippen LogP contribution in [0.15, 0.2) is 52.9 Å². The second-order valence-electron chi connectivity index (χ2n) is 6.66. The summed E-state index contributed by atoms with van der Waals surface area (Å²) in [7, 11) is 0. The Hall–Kier alpha value is -3.08. The molecular weight excluding hydrogens is 338 g/mol. The van der Waals surface area contributed by atoms with E-state index in [0.29, 0.717) is 18.0 Å². The van der Waals surface area contributed by atoms with E-state index >= 15 is 0 Å². The highest BCUT2D eigenvalue weighted by atomic mass is 16.4. The van der Waals surface area contributed by atoms with Gasteiger partial charge in [0.15, 0.2) is 5.76 Å². The number of oxazole rings is 1. The number of nitrogens with zero attached hydrogens (tertiary/aromatic N) is 1. The van der Waals surface area contributed by atoms with Crippen LogP contribution in [0.3, 0.4) is 0 Å². The van der Waals surface area contributed by atoms with Crippen LogP contribution in [0.25, 0.3) is 22.6 Å². The highest BCUT2D eigenvalue weighted by molar-refractivity contribution is 5.88. The van der Waals surface area contributed by atoms with E-state index in [1.54, 1.807) is 0 Å². The molecule has 1 heterocycles. The number of hydrogen-bond acceptors (Lipinski definition) is 3. The minimum Gasteiger partial charge on any atom is -0.423 e. The Morgan fingerprint density at radius 1 is 0.963 bits per heavy atom. The van der Waals surface area contributed by atoms with Crippen molar-refractivity contribution in [2.75, 3.05) is 11.9 Å². The average Bonchev–Trinajstić information content (AvgIpc) is 3.07. The number of hydrogen-bond donors (Lipinski definition) is 2. The number of carbonyl (C=O) groups is 1. The van der Waals surface area contributed by atoms with Crippen molar-refractivity contribution in [1.29, 1.82) is 0 Å². The third kappa shape index (κ3) is 4.76. The average molecular weight is 363 g/mol. The Balaban J connectivity index is 1.92. The van der Waals surface area contributed by atoms with E-state index in [-0.39, 0.29) is 12.0 Å². The summed E-state index contributed by atoms with van der Waals surface area (Å²) < 4.78 is 5.92. The van der Waals surface area contributed by atoms with E-state index < -0.39 is 0 Å². The number of rotatable bonds is 6. The molecule has 2 aromatic carbocycles. The topological polar surface area (TPSA) is 67.2 Å². The SMILES string of the molecule is CCCCNC(=O)Nc1nc(-c2ccc(C)cc2)c(-c2ccc(C)cc2)o1. The fraction of sp³-hybridized carbons (Fsp3) is 0.273. The Bertz CT molecular complexity index is 833. The van der Waals surface area contributed by atoms with Crippen LogP contribution in [-0.4, -0.2) is 17.6 Å². The number of aromatic nitrogens is 1. The van der Waals surface area contributed by atoms with Crippen molar-refractivity contribution >= 4 is 12.0 Å². The van der Waals surface area contributed by atoms with Gasteiger partial charge in [-0.25, -0.2) is 4.79 Å². The summed E-state index contributed by atoms with van der Waals surface area (Å²) in [6.45, 7) is 6.79. The molecule has 140 valence electrons. The van der Waals surface area contributed by atoms with Crippen LogP contribution in [0, 0.1) is 13.8 Å². The molecule has 5 nitrogen and oxygen atoms in total. The molecule has 5 heteroatoms. The van der Waals surface area contributed by atoms with Crippen molar-refractivity contribution in [3.05, 3.63) is 59.7 Å². The molecule has 0 aliphatic carbocycles. The Morgan fingerprint density at radius 2 is 1.56 bits per heavy atom. The molecule has 0 aliphatic rings. The molecule has 0 fully saturated rings. The molecule has 3 rings (SSSR count). The molecule has 0 atom stereocenters. The molecule has 0 spiro atoms. The minimum absolute atomic E-state index is 0.190. The lowest BCUT2D eigenvalue weighted by Gasteiger charge is -2.03. The predicted octanol–water partition coefficient (Wildman–Crippen LogP) is 5.55. The van der Waals surface area contributed by atoms with Gasteiger partial charge in [-0.15, -0.1) is 0 Å². The summed E-state index contributed by atoms with van der Waals surface area (Å²) in [6.07, 6.45) is 1.96. The maximum atomic E-state index is 12.0. The molecule has 2 N–H and O–H groups in total. The summed E-state index contributed by atoms with van der Waals surface area (Å²) in [5.41, 5.74) is 4.92. The highest BCUT2D eigenvalue weighted by Gasteiger charge is 2.18. The fourth-order valence-electron chi connectivity index (χ4n) is 2.70. The molecule has 0 bridgehead atoms. The first-order valence-electron chi connectivity index (χ1n) is 9.26. The lowest BCUT2D eigenvalue weighted by molar-refractivity contribution is 0.251. The molecule has 2 amide bonds. The first-order valence-corrected chi connectivity index (χ1v) is 9.26. The van der Waals surface area contributed by atoms with Crippen molar-refractivity contribution in [3.8, 4) is 22.6 Å². The number of anilines is 1. The minimum atomic E-state index is -0.310. The summed E-state index contributed by atoms with van der Waals surface area (Å²) in [6, 6.07) is 16.0. The van der Waals surface area contributed by atoms with E-state index in [9.17, 15) is 4.79 Å². The van der Waals surface area contributed by atoms with Crippen LogP contribution >= 0.6 is 0 Å². The van der Waals surface area contributed by atoms with E-state index in [1.807, 2.05) is 62.4 Å². The largest absolute Gasteiger partial charge is 0.423 e. The van der Waals surface area contributed by atoms with Crippen molar-refractivity contribution in [1.82, 2.24) is 10.3 Å². The fourth-order valence-corrected chi connectivity index (χ4v) is 2.70. The number of urea groups is 1. The van der Waals surface area contributed by atoms with Gasteiger partial charge in [0, 0.05) is 17.7 Å². The second kappa shape index (κ2) is 8.54. The van der Waals surface area contributed by atoms with Crippen LogP contribution in [-0.2, 0) is 0 Å². The molecule has 0 radical (unpaired) electrons. The van der Waals surface area contributed by atoms with E-state index in [2.05, 4.69) is 22.5 Å². The Labute approximate surface area is 159 Å². The van der Waals surface area contributed by atoms with Gasteiger partial charge >= 0.3 is 12.0 Å². The first-order chi connectivity index (χ1) is 13.1. The quantitative estimate of drug-likeness (QED) is 0.564. The molecule has 27 heavy (non-hydrogen) atoms. The number of unbranched alkanes of at least 4 members (excludes halogenated alkanes) is 1. The lowest BCUT2D eigenvalue weighted by Crippen LogP contribution is -2.29. The first kappa shape index (κ1) is 18.7. The van der Waals surface area contributed by atoms with Crippen molar-refractivity contribution in [2.45, 2.75) is 33.6 Å². The van der Waals surface area contributed by atoms with E-state index in [4.69, 9.17) is 4.42 Å². The number of amides is 2. The monoisotopic (exact) mass is 363 g/mol. The Morgan fingerprint density at radius 3 is 2.15 bits per heavy atom. The summed E-state index contributed by atoms with van der Waals surface area (Å²) in [5.74, 6) is 0.641. The third-order valence-electron chi connectivity index (χ3n) is 4.30. The van der Waals surface area contributed by atoms with Crippen LogP contribution in [0.5, 0.6) is 0 Å². The number of aryl methyl sites for hydroxylation is 2. The van der Waals surface area contributed by atoms with Gasteiger partial charge in [0.05, 0.1) is 0 Å². The smallest absolute Gasteiger partial charge is 0.322 e. The Kier molecular flexibility index (Phi) is 5.91. The molecule has 0 unspecified atom stereocenters. The van der Waals surface area contributed by atoms with E-state index in [0.717, 1.165) is 24.0 Å². The van der Waals surface area contributed by atoms with Gasteiger partial charge in [-0.3, -0.25) is 5.32 Å². The standard InChI is InChI=1S/C22H25N3O2/c1-4-5-14-23-21(26)25-22-24-19(17-10-6-15(2)7-11-17)20(27-22)18-12-8-16(3)9-13-18/h6-13H,4-5,14H2,1-3H3,(H2,23,24,25,26). The summed E-state index contributed by atoms with van der Waals surface area (Å²) >= 11 is 0. The zero-order valence-corrected chi connectivity index (χ0v) is 16.0. The molecular formula is C22H25N3O2. The molecule has 3 aromatic rings. The normalized spacial score (nSPS) is 10.6. The van der Waals surface area contributed by atoms with Gasteiger partial charge in [-0.05, 0) is 20.3 Å². The highest BCUT2D eigenvalue weighted by Crippen LogP contribution is 2.34. The summed E-state index contributed by atoms with van der Waals surface area (Å²) in [4.78, 5) is 16.6. The molecule has 0 aliphatic heterocycles. The maximum Gasteiger partial charge on any atom is 0.322 e. The third-order valence-corrected chi connectivity index (χ3v) is 4.30. The lowest BCUT2D eigenvalue weighted by atomic mass is 10.0. The van der Waals surface area contributed by atoms with Crippen LogP contribution in [0.1, 0.15) is 30.9 Å². The van der Waals surface area contributed by atoms with Crippen LogP contribution in [0.4, 0.5) is 10.8 Å². The van der Waals surface area contributed by atoms with Crippen molar-refractivity contribution < 1.29 is 9.21 Å². The zero-order chi connectivity index (χ0) is 19.2. The molecule has 1 aromatic heterocycles. The van der Waals surface area contributed by atoms with Gasteiger partial charge in [0.25, 0.3) is 0 Å². The number of nitrogens with one attached hydrogen (secondary N) is 2. The van der Waals surface area contributed by atoms with Gasteiger partial charge in [-0.2, -0.15) is 4.98 Å². The number of benzene rings is 2. The number of carbonyl (C=O) groups excluding carboxylic acids is 1. The van der Waals surface area contributed by atoms with Crippen molar-refractivity contribution in [3.63, 3.8) is 0 Å². The molecule has 0 saturated carbocycles. The van der Waals surface area contributed by atoms with Crippen molar-refractivity contribution in [2.24, 2.45) is 0 Å². The van der Waals surface area contributed by atoms with Gasteiger partial charge in [0.1, 0.15) is 5.69 Å². The van der Waals surface area contributed by atoms with Crippen LogP contribution < -0.4 is 10.6 Å². The molecule has 0 saturated heterocycles. The van der Waals surface area contributed by atoms with Crippen LogP contribution in [0.2, 0.25) is 0 Å².